The molecule has 0 aromatic heterocycles. The molecule has 0 aromatic carbocycles. The van der Waals surface area contributed by atoms with E-state index in [1.54, 1.807) is 0 Å². The van der Waals surface area contributed by atoms with Gasteiger partial charge >= 0.3 is 0 Å². The van der Waals surface area contributed by atoms with Crippen molar-refractivity contribution in [2.45, 2.75) is 78.2 Å². The number of fused-ring (bicyclic) bond motifs is 1. The lowest BCUT2D eigenvalue weighted by Crippen LogP contribution is -2.53. The van der Waals surface area contributed by atoms with E-state index in [-0.39, 0.29) is 0 Å². The molecule has 1 N–H and O–H groups in total. The Bertz CT molecular complexity index is 307. The van der Waals surface area contributed by atoms with E-state index in [9.17, 15) is 0 Å². The van der Waals surface area contributed by atoms with Crippen LogP contribution in [0.25, 0.3) is 0 Å². The van der Waals surface area contributed by atoms with Crippen LogP contribution in [-0.4, -0.2) is 12.6 Å². The molecule has 1 aliphatic heterocycles. The molecule has 3 aliphatic rings. The van der Waals surface area contributed by atoms with E-state index in [0.717, 1.165) is 29.7 Å². The van der Waals surface area contributed by atoms with Gasteiger partial charge in [0.2, 0.25) is 0 Å². The molecule has 1 heteroatoms. The van der Waals surface area contributed by atoms with Gasteiger partial charge in [0.05, 0.1) is 0 Å². The van der Waals surface area contributed by atoms with Crippen molar-refractivity contribution in [2.24, 2.45) is 29.1 Å². The maximum atomic E-state index is 3.83. The molecule has 1 saturated heterocycles. The normalized spacial score (nSPS) is 51.0. The summed E-state index contributed by atoms with van der Waals surface area (Å²) < 4.78 is 0. The van der Waals surface area contributed by atoms with Crippen LogP contribution in [0.3, 0.4) is 0 Å². The van der Waals surface area contributed by atoms with Crippen LogP contribution < -0.4 is 5.32 Å². The second-order valence-corrected chi connectivity index (χ2v) is 7.96. The molecule has 2 aliphatic carbocycles. The lowest BCUT2D eigenvalue weighted by atomic mass is 9.48. The first-order chi connectivity index (χ1) is 9.16. The molecule has 19 heavy (non-hydrogen) atoms. The first-order valence-corrected chi connectivity index (χ1v) is 8.90. The van der Waals surface area contributed by atoms with Gasteiger partial charge in [0.1, 0.15) is 0 Å². The van der Waals surface area contributed by atoms with Crippen LogP contribution in [0.4, 0.5) is 0 Å². The summed E-state index contributed by atoms with van der Waals surface area (Å²) in [5.74, 6) is 3.89. The quantitative estimate of drug-likeness (QED) is 0.766. The molecule has 0 aromatic rings. The van der Waals surface area contributed by atoms with E-state index in [4.69, 9.17) is 0 Å². The van der Waals surface area contributed by atoms with E-state index in [1.807, 2.05) is 0 Å². The summed E-state index contributed by atoms with van der Waals surface area (Å²) in [6.45, 7) is 8.94. The number of hydrogen-bond acceptors (Lipinski definition) is 1. The Balaban J connectivity index is 1.86. The Kier molecular flexibility index (Phi) is 3.95. The zero-order valence-electron chi connectivity index (χ0n) is 13.3. The SMILES string of the molecule is CCC1C(C2CCCN2)C(C)CC2CCCCC21C. The van der Waals surface area contributed by atoms with E-state index < -0.39 is 0 Å². The second kappa shape index (κ2) is 5.39. The fraction of sp³-hybridized carbons (Fsp3) is 1.00. The van der Waals surface area contributed by atoms with Crippen LogP contribution in [0.5, 0.6) is 0 Å². The summed E-state index contributed by atoms with van der Waals surface area (Å²) in [5.41, 5.74) is 0.661. The molecule has 0 bridgehead atoms. The minimum absolute atomic E-state index is 0.661. The summed E-state index contributed by atoms with van der Waals surface area (Å²) in [5, 5.41) is 3.83. The minimum Gasteiger partial charge on any atom is -0.314 e. The molecule has 3 rings (SSSR count). The van der Waals surface area contributed by atoms with Gasteiger partial charge in [0.15, 0.2) is 0 Å². The largest absolute Gasteiger partial charge is 0.314 e. The Hall–Kier alpha value is -0.0400. The molecule has 0 radical (unpaired) electrons. The second-order valence-electron chi connectivity index (χ2n) is 7.96. The predicted octanol–water partition coefficient (Wildman–Crippen LogP) is 4.62. The van der Waals surface area contributed by atoms with Crippen molar-refractivity contribution in [3.8, 4) is 0 Å². The van der Waals surface area contributed by atoms with Gasteiger partial charge < -0.3 is 5.32 Å². The van der Waals surface area contributed by atoms with Crippen molar-refractivity contribution in [1.29, 1.82) is 0 Å². The standard InChI is InChI=1S/C18H33N/c1-4-15-17(16-9-7-11-19-16)13(2)12-14-8-5-6-10-18(14,15)3/h13-17,19H,4-12H2,1-3H3. The molecule has 6 atom stereocenters. The third-order valence-electron chi connectivity index (χ3n) is 7.08. The Morgan fingerprint density at radius 1 is 1.16 bits per heavy atom. The third-order valence-corrected chi connectivity index (χ3v) is 7.08. The molecule has 3 fully saturated rings. The van der Waals surface area contributed by atoms with Crippen molar-refractivity contribution < 1.29 is 0 Å². The fourth-order valence-corrected chi connectivity index (χ4v) is 6.20. The van der Waals surface area contributed by atoms with Crippen molar-refractivity contribution in [2.75, 3.05) is 6.54 Å². The summed E-state index contributed by atoms with van der Waals surface area (Å²) in [7, 11) is 0. The molecule has 110 valence electrons. The van der Waals surface area contributed by atoms with Gasteiger partial charge in [-0.3, -0.25) is 0 Å². The summed E-state index contributed by atoms with van der Waals surface area (Å²) in [6, 6.07) is 0.833. The minimum atomic E-state index is 0.661. The van der Waals surface area contributed by atoms with Gasteiger partial charge in [-0.25, -0.2) is 0 Å². The van der Waals surface area contributed by atoms with Crippen LogP contribution in [0.15, 0.2) is 0 Å². The van der Waals surface area contributed by atoms with Crippen molar-refractivity contribution >= 4 is 0 Å². The van der Waals surface area contributed by atoms with Crippen LogP contribution >= 0.6 is 0 Å². The van der Waals surface area contributed by atoms with Crippen LogP contribution in [0.2, 0.25) is 0 Å². The monoisotopic (exact) mass is 263 g/mol. The maximum absolute atomic E-state index is 3.83. The molecule has 0 amide bonds. The summed E-state index contributed by atoms with van der Waals surface area (Å²) in [4.78, 5) is 0. The Labute approximate surface area is 119 Å². The highest BCUT2D eigenvalue weighted by atomic mass is 15.0. The van der Waals surface area contributed by atoms with Crippen molar-refractivity contribution in [3.63, 3.8) is 0 Å². The van der Waals surface area contributed by atoms with E-state index >= 15 is 0 Å². The van der Waals surface area contributed by atoms with Crippen molar-refractivity contribution in [1.82, 2.24) is 5.32 Å². The lowest BCUT2D eigenvalue weighted by Gasteiger charge is -2.57. The summed E-state index contributed by atoms with van der Waals surface area (Å²) >= 11 is 0. The van der Waals surface area contributed by atoms with Gasteiger partial charge in [-0.15, -0.1) is 0 Å². The average Bonchev–Trinajstić information content (AvgIpc) is 2.91. The first kappa shape index (κ1) is 13.9. The highest BCUT2D eigenvalue weighted by Crippen LogP contribution is 2.58. The maximum Gasteiger partial charge on any atom is 0.0101 e. The van der Waals surface area contributed by atoms with E-state index in [0.29, 0.717) is 5.41 Å². The third kappa shape index (κ3) is 2.26. The highest BCUT2D eigenvalue weighted by molar-refractivity contribution is 5.03. The smallest absolute Gasteiger partial charge is 0.0101 e. The molecule has 1 nitrogen and oxygen atoms in total. The first-order valence-electron chi connectivity index (χ1n) is 8.90. The van der Waals surface area contributed by atoms with Gasteiger partial charge in [-0.2, -0.15) is 0 Å². The molecule has 2 saturated carbocycles. The van der Waals surface area contributed by atoms with E-state index in [2.05, 4.69) is 26.1 Å². The Morgan fingerprint density at radius 3 is 2.68 bits per heavy atom. The molecule has 0 spiro atoms. The summed E-state index contributed by atoms with van der Waals surface area (Å²) in [6.07, 6.45) is 11.8. The molecule has 1 heterocycles. The Morgan fingerprint density at radius 2 is 2.00 bits per heavy atom. The van der Waals surface area contributed by atoms with Crippen LogP contribution in [0, 0.1) is 29.1 Å². The number of nitrogens with one attached hydrogen (secondary N) is 1. The number of hydrogen-bond donors (Lipinski definition) is 1. The van der Waals surface area contributed by atoms with Crippen LogP contribution in [0.1, 0.15) is 72.1 Å². The molecular weight excluding hydrogens is 230 g/mol. The van der Waals surface area contributed by atoms with Gasteiger partial charge in [0, 0.05) is 6.04 Å². The molecule has 6 unspecified atom stereocenters. The van der Waals surface area contributed by atoms with Gasteiger partial charge in [0.25, 0.3) is 0 Å². The highest BCUT2D eigenvalue weighted by Gasteiger charge is 2.52. The average molecular weight is 263 g/mol. The van der Waals surface area contributed by atoms with E-state index in [1.165, 1.54) is 57.9 Å². The lowest BCUT2D eigenvalue weighted by molar-refractivity contribution is -0.0732. The fourth-order valence-electron chi connectivity index (χ4n) is 6.20. The van der Waals surface area contributed by atoms with Crippen molar-refractivity contribution in [3.05, 3.63) is 0 Å². The number of rotatable bonds is 2. The zero-order chi connectivity index (χ0) is 13.5. The zero-order valence-corrected chi connectivity index (χ0v) is 13.3. The van der Waals surface area contributed by atoms with Crippen LogP contribution in [-0.2, 0) is 0 Å². The van der Waals surface area contributed by atoms with Gasteiger partial charge in [-0.05, 0) is 67.7 Å². The molecular formula is C18H33N. The topological polar surface area (TPSA) is 12.0 Å². The predicted molar refractivity (Wildman–Crippen MR) is 82.1 cm³/mol. The van der Waals surface area contributed by atoms with Gasteiger partial charge in [-0.1, -0.05) is 40.0 Å².